The number of halogens is 2. The molecule has 226 valence electrons. The first-order valence-electron chi connectivity index (χ1n) is 15.0. The molecule has 0 radical (unpaired) electrons. The Kier molecular flexibility index (Phi) is 8.71. The van der Waals surface area contributed by atoms with Gasteiger partial charge in [0.2, 0.25) is 0 Å². The van der Waals surface area contributed by atoms with E-state index in [9.17, 15) is 14.3 Å². The van der Waals surface area contributed by atoms with E-state index in [0.717, 1.165) is 81.2 Å². The first-order chi connectivity index (χ1) is 20.8. The number of likely N-dealkylation sites (tertiary alicyclic amines) is 1. The Bertz CT molecular complexity index is 1480. The number of benzene rings is 3. The Morgan fingerprint density at radius 1 is 1.12 bits per heavy atom. The van der Waals surface area contributed by atoms with Crippen molar-refractivity contribution in [1.82, 2.24) is 9.80 Å². The maximum absolute atomic E-state index is 14.4. The number of para-hydroxylation sites is 1. The molecule has 6 rings (SSSR count). The Hall–Kier alpha value is -3.46. The van der Waals surface area contributed by atoms with Crippen molar-refractivity contribution in [2.24, 2.45) is 4.99 Å². The van der Waals surface area contributed by atoms with Crippen LogP contribution in [-0.4, -0.2) is 71.6 Å². The Morgan fingerprint density at radius 2 is 1.84 bits per heavy atom. The second-order valence-corrected chi connectivity index (χ2v) is 12.2. The van der Waals surface area contributed by atoms with Crippen molar-refractivity contribution in [1.29, 1.82) is 0 Å². The zero-order valence-electron chi connectivity index (χ0n) is 24.3. The number of nitrogens with zero attached hydrogens (tertiary/aromatic N) is 3. The normalized spacial score (nSPS) is 20.3. The molecule has 3 aliphatic rings. The third-order valence-electron chi connectivity index (χ3n) is 8.98. The summed E-state index contributed by atoms with van der Waals surface area (Å²) in [5, 5.41) is 9.69. The molecule has 1 N–H and O–H groups in total. The number of ether oxygens (including phenoxy) is 2. The lowest BCUT2D eigenvalue weighted by atomic mass is 9.87. The number of rotatable bonds is 10. The van der Waals surface area contributed by atoms with Crippen LogP contribution in [0.25, 0.3) is 0 Å². The van der Waals surface area contributed by atoms with Crippen LogP contribution in [0.4, 0.5) is 10.1 Å². The molecule has 0 amide bonds. The highest BCUT2D eigenvalue weighted by atomic mass is 35.5. The first kappa shape index (κ1) is 29.6. The highest BCUT2D eigenvalue weighted by Crippen LogP contribution is 2.48. The molecular formula is C34H37ClFN3O4. The number of carboxylic acids is 1. The van der Waals surface area contributed by atoms with Crippen LogP contribution in [0.2, 0.25) is 5.02 Å². The molecule has 0 aromatic heterocycles. The molecule has 2 heterocycles. The molecular weight excluding hydrogens is 569 g/mol. The molecule has 3 aromatic carbocycles. The third kappa shape index (κ3) is 6.56. The third-order valence-corrected chi connectivity index (χ3v) is 9.21. The van der Waals surface area contributed by atoms with Gasteiger partial charge >= 0.3 is 5.97 Å². The fourth-order valence-corrected chi connectivity index (χ4v) is 6.49. The Balaban J connectivity index is 1.17. The van der Waals surface area contributed by atoms with E-state index in [1.165, 1.54) is 6.07 Å². The van der Waals surface area contributed by atoms with E-state index < -0.39 is 5.97 Å². The second kappa shape index (κ2) is 12.6. The number of amidine groups is 1. The predicted molar refractivity (Wildman–Crippen MR) is 165 cm³/mol. The SMILES string of the molecule is CN(CC1CCO1)/C(=N\c1ccc(C(=O)O)cc1)C1(N2CCC(c3ccccc3OCc3ccc(Cl)cc3F)CC2)CC1. The molecule has 2 saturated heterocycles. The first-order valence-corrected chi connectivity index (χ1v) is 15.4. The molecule has 2 aliphatic heterocycles. The molecule has 3 aromatic rings. The number of piperidine rings is 1. The van der Waals surface area contributed by atoms with E-state index in [0.29, 0.717) is 16.5 Å². The van der Waals surface area contributed by atoms with Crippen LogP contribution in [0.5, 0.6) is 5.75 Å². The molecule has 3 fully saturated rings. The van der Waals surface area contributed by atoms with Gasteiger partial charge in [0, 0.05) is 30.8 Å². The summed E-state index contributed by atoms with van der Waals surface area (Å²) >= 11 is 5.91. The average molecular weight is 606 g/mol. The van der Waals surface area contributed by atoms with Gasteiger partial charge in [-0.25, -0.2) is 14.2 Å². The summed E-state index contributed by atoms with van der Waals surface area (Å²) < 4.78 is 26.2. The van der Waals surface area contributed by atoms with E-state index in [-0.39, 0.29) is 29.6 Å². The number of likely N-dealkylation sites (N-methyl/N-ethyl adjacent to an activating group) is 1. The zero-order valence-corrected chi connectivity index (χ0v) is 25.1. The number of aliphatic imine (C=N–C) groups is 1. The summed E-state index contributed by atoms with van der Waals surface area (Å²) in [7, 11) is 2.09. The second-order valence-electron chi connectivity index (χ2n) is 11.8. The van der Waals surface area contributed by atoms with Crippen molar-refractivity contribution in [3.63, 3.8) is 0 Å². The van der Waals surface area contributed by atoms with Gasteiger partial charge in [-0.15, -0.1) is 0 Å². The molecule has 1 aliphatic carbocycles. The summed E-state index contributed by atoms with van der Waals surface area (Å²) in [6, 6.07) is 19.5. The summed E-state index contributed by atoms with van der Waals surface area (Å²) in [4.78, 5) is 21.3. The number of hydrogen-bond donors (Lipinski definition) is 1. The van der Waals surface area contributed by atoms with Gasteiger partial charge in [0.05, 0.1) is 22.9 Å². The highest BCUT2D eigenvalue weighted by molar-refractivity contribution is 6.30. The van der Waals surface area contributed by atoms with Gasteiger partial charge in [0.25, 0.3) is 0 Å². The molecule has 0 spiro atoms. The largest absolute Gasteiger partial charge is 0.489 e. The van der Waals surface area contributed by atoms with E-state index in [2.05, 4.69) is 22.9 Å². The van der Waals surface area contributed by atoms with E-state index in [1.807, 2.05) is 18.2 Å². The molecule has 1 unspecified atom stereocenters. The van der Waals surface area contributed by atoms with Crippen molar-refractivity contribution in [3.8, 4) is 5.75 Å². The van der Waals surface area contributed by atoms with E-state index in [4.69, 9.17) is 26.1 Å². The quantitative estimate of drug-likeness (QED) is 0.200. The van der Waals surface area contributed by atoms with Gasteiger partial charge in [-0.05, 0) is 99.1 Å². The number of aromatic carboxylic acids is 1. The van der Waals surface area contributed by atoms with Crippen LogP contribution in [0, 0.1) is 5.82 Å². The average Bonchev–Trinajstić information content (AvgIpc) is 3.79. The predicted octanol–water partition coefficient (Wildman–Crippen LogP) is 6.92. The molecule has 7 nitrogen and oxygen atoms in total. The maximum Gasteiger partial charge on any atom is 0.335 e. The van der Waals surface area contributed by atoms with Crippen LogP contribution in [-0.2, 0) is 11.3 Å². The highest BCUT2D eigenvalue weighted by Gasteiger charge is 2.54. The van der Waals surface area contributed by atoms with Gasteiger partial charge in [-0.3, -0.25) is 4.90 Å². The minimum absolute atomic E-state index is 0.142. The van der Waals surface area contributed by atoms with Gasteiger partial charge in [-0.2, -0.15) is 0 Å². The lowest BCUT2D eigenvalue weighted by Crippen LogP contribution is -2.54. The van der Waals surface area contributed by atoms with Crippen LogP contribution in [0.3, 0.4) is 0 Å². The van der Waals surface area contributed by atoms with Gasteiger partial charge in [0.1, 0.15) is 24.0 Å². The number of hydrogen-bond acceptors (Lipinski definition) is 5. The summed E-state index contributed by atoms with van der Waals surface area (Å²) in [5.41, 5.74) is 2.50. The minimum atomic E-state index is -0.944. The maximum atomic E-state index is 14.4. The van der Waals surface area contributed by atoms with E-state index >= 15 is 0 Å². The lowest BCUT2D eigenvalue weighted by Gasteiger charge is -2.42. The number of carbonyl (C=O) groups is 1. The van der Waals surface area contributed by atoms with Crippen molar-refractivity contribution in [2.45, 2.75) is 56.3 Å². The fraction of sp³-hybridized carbons (Fsp3) is 0.412. The van der Waals surface area contributed by atoms with Crippen LogP contribution >= 0.6 is 11.6 Å². The standard InChI is InChI=1S/C34H37ClFN3O4/c1-38(21-28-14-19-42-28)33(37-27-10-7-24(8-11-27)32(40)41)34(15-16-34)39-17-12-23(13-18-39)29-4-2-3-5-31(29)43-22-25-6-9-26(35)20-30(25)36/h2-11,20,23,28H,12-19,21-22H2,1H3,(H,40,41)/b37-33-. The smallest absolute Gasteiger partial charge is 0.335 e. The van der Waals surface area contributed by atoms with Crippen molar-refractivity contribution < 1.29 is 23.8 Å². The summed E-state index contributed by atoms with van der Waals surface area (Å²) in [5.74, 6) is 0.850. The van der Waals surface area contributed by atoms with Gasteiger partial charge in [-0.1, -0.05) is 35.9 Å². The molecule has 43 heavy (non-hydrogen) atoms. The van der Waals surface area contributed by atoms with Crippen LogP contribution in [0.1, 0.15) is 59.5 Å². The topological polar surface area (TPSA) is 74.6 Å². The molecule has 1 atom stereocenters. The molecule has 0 bridgehead atoms. The Labute approximate surface area is 256 Å². The number of carboxylic acid groups (broad SMARTS) is 1. The van der Waals surface area contributed by atoms with E-state index in [1.54, 1.807) is 36.4 Å². The minimum Gasteiger partial charge on any atom is -0.489 e. The molecule has 9 heteroatoms. The lowest BCUT2D eigenvalue weighted by molar-refractivity contribution is -0.0575. The van der Waals surface area contributed by atoms with Crippen molar-refractivity contribution >= 4 is 29.1 Å². The van der Waals surface area contributed by atoms with Crippen molar-refractivity contribution in [3.05, 3.63) is 94.3 Å². The Morgan fingerprint density at radius 3 is 2.47 bits per heavy atom. The van der Waals surface area contributed by atoms with Crippen LogP contribution < -0.4 is 4.74 Å². The molecule has 1 saturated carbocycles. The van der Waals surface area contributed by atoms with Crippen molar-refractivity contribution in [2.75, 3.05) is 33.3 Å². The fourth-order valence-electron chi connectivity index (χ4n) is 6.33. The monoisotopic (exact) mass is 605 g/mol. The van der Waals surface area contributed by atoms with Gasteiger partial charge in [0.15, 0.2) is 0 Å². The summed E-state index contributed by atoms with van der Waals surface area (Å²) in [6.07, 6.45) is 5.29. The van der Waals surface area contributed by atoms with Crippen LogP contribution in [0.15, 0.2) is 71.7 Å². The van der Waals surface area contributed by atoms with Gasteiger partial charge < -0.3 is 19.5 Å². The zero-order chi connectivity index (χ0) is 30.0. The summed E-state index contributed by atoms with van der Waals surface area (Å²) in [6.45, 7) is 3.58.